The van der Waals surface area contributed by atoms with Crippen molar-refractivity contribution in [3.63, 3.8) is 0 Å². The van der Waals surface area contributed by atoms with E-state index < -0.39 is 0 Å². The summed E-state index contributed by atoms with van der Waals surface area (Å²) in [6.45, 7) is 1.77. The van der Waals surface area contributed by atoms with Crippen LogP contribution in [0.15, 0.2) is 49.2 Å². The summed E-state index contributed by atoms with van der Waals surface area (Å²) in [5.74, 6) is 0.939. The first-order valence-electron chi connectivity index (χ1n) is 8.19. The van der Waals surface area contributed by atoms with Crippen molar-refractivity contribution in [2.45, 2.75) is 13.3 Å². The van der Waals surface area contributed by atoms with Crippen molar-refractivity contribution in [2.75, 3.05) is 6.61 Å². The third-order valence-corrected chi connectivity index (χ3v) is 5.12. The molecule has 0 atom stereocenters. The molecule has 142 valence electrons. The Hall–Kier alpha value is -2.21. The van der Waals surface area contributed by atoms with Gasteiger partial charge in [-0.1, -0.05) is 34.5 Å². The molecule has 1 heterocycles. The molecule has 0 N–H and O–H groups in total. The van der Waals surface area contributed by atoms with Gasteiger partial charge in [-0.15, -0.1) is 0 Å². The van der Waals surface area contributed by atoms with Crippen LogP contribution in [-0.2, 0) is 6.42 Å². The number of nitrogens with zero attached hydrogens (tertiary/aromatic N) is 4. The van der Waals surface area contributed by atoms with Gasteiger partial charge < -0.3 is 4.74 Å². The normalized spacial score (nSPS) is 11.1. The molecule has 2 aromatic carbocycles. The van der Waals surface area contributed by atoms with Crippen LogP contribution in [0.25, 0.3) is 10.9 Å². The van der Waals surface area contributed by atoms with Crippen molar-refractivity contribution >= 4 is 60.6 Å². The second kappa shape index (κ2) is 8.86. The predicted molar refractivity (Wildman–Crippen MR) is 116 cm³/mol. The van der Waals surface area contributed by atoms with Gasteiger partial charge in [-0.2, -0.15) is 15.0 Å². The molecule has 0 radical (unpaired) electrons. The monoisotopic (exact) mass is 522 g/mol. The third-order valence-electron chi connectivity index (χ3n) is 3.82. The van der Waals surface area contributed by atoms with E-state index in [1.807, 2.05) is 19.1 Å². The number of aryl methyl sites for hydroxylation is 1. The van der Waals surface area contributed by atoms with Gasteiger partial charge in [0.25, 0.3) is 5.56 Å². The lowest BCUT2D eigenvalue weighted by Gasteiger charge is -2.10. The van der Waals surface area contributed by atoms with Gasteiger partial charge in [0.2, 0.25) is 0 Å². The Morgan fingerprint density at radius 2 is 2.14 bits per heavy atom. The van der Waals surface area contributed by atoms with Gasteiger partial charge in [0.05, 0.1) is 21.6 Å². The highest BCUT2D eigenvalue weighted by atomic mass is 79.9. The molecule has 0 aliphatic carbocycles. The van der Waals surface area contributed by atoms with Crippen LogP contribution in [0.2, 0.25) is 5.02 Å². The van der Waals surface area contributed by atoms with Crippen LogP contribution in [0.4, 0.5) is 0 Å². The molecule has 28 heavy (non-hydrogen) atoms. The van der Waals surface area contributed by atoms with Crippen molar-refractivity contribution in [2.24, 2.45) is 5.10 Å². The maximum absolute atomic E-state index is 13.0. The van der Waals surface area contributed by atoms with E-state index in [4.69, 9.17) is 21.6 Å². The van der Waals surface area contributed by atoms with Crippen molar-refractivity contribution in [1.82, 2.24) is 9.66 Å². The number of ether oxygens (including phenoxy) is 1. The van der Waals surface area contributed by atoms with E-state index in [9.17, 15) is 4.79 Å². The van der Waals surface area contributed by atoms with Crippen LogP contribution in [0.5, 0.6) is 5.75 Å². The molecule has 0 amide bonds. The quantitative estimate of drug-likeness (QED) is 0.444. The summed E-state index contributed by atoms with van der Waals surface area (Å²) >= 11 is 12.9. The van der Waals surface area contributed by atoms with Crippen LogP contribution >= 0.6 is 43.5 Å². The number of benzene rings is 2. The summed E-state index contributed by atoms with van der Waals surface area (Å²) in [6, 6.07) is 10.6. The summed E-state index contributed by atoms with van der Waals surface area (Å²) in [7, 11) is 0. The first-order valence-corrected chi connectivity index (χ1v) is 10.1. The summed E-state index contributed by atoms with van der Waals surface area (Å²) in [5, 5.41) is 14.0. The average Bonchev–Trinajstić information content (AvgIpc) is 2.66. The Morgan fingerprint density at radius 1 is 1.36 bits per heavy atom. The molecule has 1 aromatic heterocycles. The fraction of sp³-hybridized carbons (Fsp3) is 0.158. The molecule has 6 nitrogen and oxygen atoms in total. The van der Waals surface area contributed by atoms with Gasteiger partial charge in [-0.05, 0) is 46.3 Å². The van der Waals surface area contributed by atoms with Crippen molar-refractivity contribution < 1.29 is 4.74 Å². The fourth-order valence-corrected chi connectivity index (χ4v) is 3.91. The van der Waals surface area contributed by atoms with E-state index in [1.165, 1.54) is 10.9 Å². The molecule has 0 unspecified atom stereocenters. The smallest absolute Gasteiger partial charge is 0.282 e. The Balaban J connectivity index is 2.15. The summed E-state index contributed by atoms with van der Waals surface area (Å²) in [5.41, 5.74) is 0.859. The van der Waals surface area contributed by atoms with Crippen LogP contribution in [0, 0.1) is 11.3 Å². The van der Waals surface area contributed by atoms with Gasteiger partial charge in [0.1, 0.15) is 17.6 Å². The number of nitriles is 1. The van der Waals surface area contributed by atoms with Gasteiger partial charge >= 0.3 is 0 Å². The molecule has 0 bridgehead atoms. The highest BCUT2D eigenvalue weighted by Gasteiger charge is 2.12. The fourth-order valence-electron chi connectivity index (χ4n) is 2.60. The van der Waals surface area contributed by atoms with Crippen molar-refractivity contribution in [1.29, 1.82) is 5.26 Å². The van der Waals surface area contributed by atoms with Crippen LogP contribution < -0.4 is 10.3 Å². The SMILES string of the molecule is CCc1nc2ccc(Br)cc2c(=O)n1N=Cc1cc(Cl)cc(Br)c1OCC#N. The van der Waals surface area contributed by atoms with Crippen LogP contribution in [0.3, 0.4) is 0 Å². The highest BCUT2D eigenvalue weighted by Crippen LogP contribution is 2.32. The van der Waals surface area contributed by atoms with Gasteiger partial charge in [-0.3, -0.25) is 4.79 Å². The zero-order chi connectivity index (χ0) is 20.3. The van der Waals surface area contributed by atoms with Gasteiger partial charge in [-0.25, -0.2) is 4.98 Å². The molecule has 0 spiro atoms. The minimum absolute atomic E-state index is 0.132. The summed E-state index contributed by atoms with van der Waals surface area (Å²) in [6.07, 6.45) is 1.99. The number of rotatable bonds is 5. The second-order valence-electron chi connectivity index (χ2n) is 5.66. The Morgan fingerprint density at radius 3 is 2.86 bits per heavy atom. The average molecular weight is 525 g/mol. The van der Waals surface area contributed by atoms with E-state index in [-0.39, 0.29) is 12.2 Å². The molecule has 0 saturated carbocycles. The molecule has 9 heteroatoms. The predicted octanol–water partition coefficient (Wildman–Crippen LogP) is 4.92. The minimum atomic E-state index is -0.278. The van der Waals surface area contributed by atoms with E-state index in [1.54, 1.807) is 24.3 Å². The zero-order valence-corrected chi connectivity index (χ0v) is 18.5. The van der Waals surface area contributed by atoms with Gasteiger partial charge in [0, 0.05) is 21.5 Å². The summed E-state index contributed by atoms with van der Waals surface area (Å²) in [4.78, 5) is 17.5. The first-order chi connectivity index (χ1) is 13.4. The van der Waals surface area contributed by atoms with Crippen molar-refractivity contribution in [3.05, 3.63) is 66.0 Å². The second-order valence-corrected chi connectivity index (χ2v) is 7.86. The highest BCUT2D eigenvalue weighted by molar-refractivity contribution is 9.10. The lowest BCUT2D eigenvalue weighted by molar-refractivity contribution is 0.365. The Kier molecular flexibility index (Phi) is 6.50. The lowest BCUT2D eigenvalue weighted by Crippen LogP contribution is -2.22. The van der Waals surface area contributed by atoms with E-state index in [2.05, 4.69) is 41.9 Å². The van der Waals surface area contributed by atoms with Crippen LogP contribution in [-0.4, -0.2) is 22.5 Å². The molecule has 0 aliphatic heterocycles. The number of aromatic nitrogens is 2. The maximum Gasteiger partial charge on any atom is 0.282 e. The number of hydrogen-bond donors (Lipinski definition) is 0. The van der Waals surface area contributed by atoms with E-state index >= 15 is 0 Å². The van der Waals surface area contributed by atoms with E-state index in [0.29, 0.717) is 44.0 Å². The molecular weight excluding hydrogens is 511 g/mol. The van der Waals surface area contributed by atoms with Gasteiger partial charge in [0.15, 0.2) is 6.61 Å². The molecular formula is C19H13Br2ClN4O2. The Bertz CT molecular complexity index is 1190. The lowest BCUT2D eigenvalue weighted by atomic mass is 10.2. The van der Waals surface area contributed by atoms with Crippen LogP contribution in [0.1, 0.15) is 18.3 Å². The molecule has 3 aromatic rings. The number of halogens is 3. The molecule has 0 fully saturated rings. The first kappa shape index (κ1) is 20.5. The van der Waals surface area contributed by atoms with Crippen molar-refractivity contribution in [3.8, 4) is 11.8 Å². The number of fused-ring (bicyclic) bond motifs is 1. The molecule has 3 rings (SSSR count). The molecule has 0 saturated heterocycles. The maximum atomic E-state index is 13.0. The summed E-state index contributed by atoms with van der Waals surface area (Å²) < 4.78 is 8.09. The largest absolute Gasteiger partial charge is 0.477 e. The Labute approximate surface area is 182 Å². The molecule has 0 aliphatic rings. The third kappa shape index (κ3) is 4.27. The zero-order valence-electron chi connectivity index (χ0n) is 14.6. The minimum Gasteiger partial charge on any atom is -0.477 e. The topological polar surface area (TPSA) is 80.3 Å². The standard InChI is InChI=1S/C19H13Br2ClN4O2/c1-2-17-25-16-4-3-12(20)8-14(16)19(27)26(17)24-10-11-7-13(22)9-15(21)18(11)28-6-5-23/h3-4,7-10H,2,6H2,1H3. The van der Waals surface area contributed by atoms with E-state index in [0.717, 1.165) is 4.47 Å². The number of hydrogen-bond acceptors (Lipinski definition) is 5.